The summed E-state index contributed by atoms with van der Waals surface area (Å²) in [5.41, 5.74) is 5.16. The van der Waals surface area contributed by atoms with Crippen molar-refractivity contribution in [3.63, 3.8) is 0 Å². The van der Waals surface area contributed by atoms with Crippen molar-refractivity contribution in [2.45, 2.75) is 58.6 Å². The second-order valence-electron chi connectivity index (χ2n) is 8.68. The summed E-state index contributed by atoms with van der Waals surface area (Å²) in [6.45, 7) is 8.84. The molecule has 0 radical (unpaired) electrons. The third kappa shape index (κ3) is 3.69. The molecule has 4 heterocycles. The summed E-state index contributed by atoms with van der Waals surface area (Å²) in [4.78, 5) is 26.0. The Morgan fingerprint density at radius 1 is 1.23 bits per heavy atom. The number of aryl methyl sites for hydroxylation is 2. The van der Waals surface area contributed by atoms with Crippen molar-refractivity contribution in [3.05, 3.63) is 34.4 Å². The van der Waals surface area contributed by atoms with Crippen LogP contribution in [0.1, 0.15) is 47.5 Å². The van der Waals surface area contributed by atoms with Gasteiger partial charge in [-0.15, -0.1) is 0 Å². The van der Waals surface area contributed by atoms with Gasteiger partial charge in [-0.25, -0.2) is 9.97 Å². The van der Waals surface area contributed by atoms with Crippen molar-refractivity contribution in [2.24, 2.45) is 0 Å². The molecule has 2 aliphatic heterocycles. The van der Waals surface area contributed by atoms with Crippen molar-refractivity contribution in [1.82, 2.24) is 24.6 Å². The summed E-state index contributed by atoms with van der Waals surface area (Å²) in [5.74, 6) is 0.889. The summed E-state index contributed by atoms with van der Waals surface area (Å²) in [6.07, 6.45) is 4.80. The number of ether oxygens (including phenoxy) is 1. The summed E-state index contributed by atoms with van der Waals surface area (Å²) >= 11 is 0. The van der Waals surface area contributed by atoms with Crippen LogP contribution in [0.2, 0.25) is 0 Å². The highest BCUT2D eigenvalue weighted by atomic mass is 16.5. The number of fused-ring (bicyclic) bond motifs is 2. The lowest BCUT2D eigenvalue weighted by Crippen LogP contribution is -2.49. The van der Waals surface area contributed by atoms with Crippen molar-refractivity contribution < 1.29 is 9.53 Å². The Kier molecular flexibility index (Phi) is 5.53. The number of rotatable bonds is 4. The molecule has 30 heavy (non-hydrogen) atoms. The summed E-state index contributed by atoms with van der Waals surface area (Å²) in [7, 11) is 3.90. The summed E-state index contributed by atoms with van der Waals surface area (Å²) in [5, 5.41) is 4.55. The molecule has 8 nitrogen and oxygen atoms in total. The third-order valence-corrected chi connectivity index (χ3v) is 6.64. The van der Waals surface area contributed by atoms with Crippen LogP contribution in [0.15, 0.2) is 6.20 Å². The van der Waals surface area contributed by atoms with Gasteiger partial charge in [-0.1, -0.05) is 0 Å². The first kappa shape index (κ1) is 20.8. The zero-order chi connectivity index (χ0) is 21.5. The minimum atomic E-state index is -0.398. The number of carbonyl (C=O) groups is 1. The van der Waals surface area contributed by atoms with Gasteiger partial charge in [-0.2, -0.15) is 5.10 Å². The Labute approximate surface area is 178 Å². The highest BCUT2D eigenvalue weighted by Crippen LogP contribution is 2.40. The molecule has 1 saturated heterocycles. The molecule has 1 fully saturated rings. The van der Waals surface area contributed by atoms with Crippen LogP contribution in [0.4, 0.5) is 5.95 Å². The first-order valence-corrected chi connectivity index (χ1v) is 10.8. The van der Waals surface area contributed by atoms with Crippen molar-refractivity contribution in [3.8, 4) is 0 Å². The molecule has 4 rings (SSSR count). The van der Waals surface area contributed by atoms with Gasteiger partial charge in [0.2, 0.25) is 11.9 Å². The average Bonchev–Trinajstić information content (AvgIpc) is 2.99. The first-order chi connectivity index (χ1) is 14.3. The van der Waals surface area contributed by atoms with Gasteiger partial charge in [0.15, 0.2) is 0 Å². The minimum absolute atomic E-state index is 0.183. The zero-order valence-electron chi connectivity index (χ0n) is 18.7. The van der Waals surface area contributed by atoms with E-state index in [1.807, 2.05) is 41.7 Å². The molecule has 0 N–H and O–H groups in total. The standard InChI is InChI=1S/C22H32N6O2/c1-15-16(2)25-28(17(15)3)10-6-19(29)27-11-8-22(9-12-27)20-18(7-13-30-22)14-23-21(24-20)26(4)5/h14H,6-13H2,1-5H3. The fourth-order valence-electron chi connectivity index (χ4n) is 4.48. The number of likely N-dealkylation sites (tertiary alicyclic amines) is 1. The fraction of sp³-hybridized carbons (Fsp3) is 0.636. The monoisotopic (exact) mass is 412 g/mol. The Hall–Kier alpha value is -2.48. The number of amides is 1. The third-order valence-electron chi connectivity index (χ3n) is 6.64. The van der Waals surface area contributed by atoms with Gasteiger partial charge in [0.1, 0.15) is 5.60 Å². The molecule has 2 aromatic heterocycles. The zero-order valence-corrected chi connectivity index (χ0v) is 18.7. The maximum absolute atomic E-state index is 12.8. The molecule has 0 bridgehead atoms. The molecule has 0 unspecified atom stereocenters. The van der Waals surface area contributed by atoms with E-state index in [1.165, 1.54) is 11.1 Å². The van der Waals surface area contributed by atoms with Crippen LogP contribution in [0.25, 0.3) is 0 Å². The summed E-state index contributed by atoms with van der Waals surface area (Å²) in [6, 6.07) is 0. The van der Waals surface area contributed by atoms with Gasteiger partial charge in [0.05, 0.1) is 18.0 Å². The minimum Gasteiger partial charge on any atom is -0.368 e. The van der Waals surface area contributed by atoms with Crippen molar-refractivity contribution in [1.29, 1.82) is 0 Å². The Morgan fingerprint density at radius 3 is 2.60 bits per heavy atom. The summed E-state index contributed by atoms with van der Waals surface area (Å²) < 4.78 is 8.25. The van der Waals surface area contributed by atoms with Crippen molar-refractivity contribution >= 4 is 11.9 Å². The van der Waals surface area contributed by atoms with E-state index >= 15 is 0 Å². The van der Waals surface area contributed by atoms with Gasteiger partial charge >= 0.3 is 0 Å². The number of hydrogen-bond acceptors (Lipinski definition) is 6. The number of anilines is 1. The predicted octanol–water partition coefficient (Wildman–Crippen LogP) is 2.15. The highest BCUT2D eigenvalue weighted by molar-refractivity contribution is 5.76. The molecule has 162 valence electrons. The largest absolute Gasteiger partial charge is 0.368 e. The van der Waals surface area contributed by atoms with Gasteiger partial charge in [-0.3, -0.25) is 9.48 Å². The number of aromatic nitrogens is 4. The van der Waals surface area contributed by atoms with Crippen LogP contribution in [0.5, 0.6) is 0 Å². The van der Waals surface area contributed by atoms with E-state index in [1.54, 1.807) is 0 Å². The lowest BCUT2D eigenvalue weighted by Gasteiger charge is -2.44. The van der Waals surface area contributed by atoms with Crippen LogP contribution >= 0.6 is 0 Å². The van der Waals surface area contributed by atoms with Gasteiger partial charge in [0, 0.05) is 52.0 Å². The van der Waals surface area contributed by atoms with Crippen LogP contribution in [-0.4, -0.2) is 64.3 Å². The van der Waals surface area contributed by atoms with E-state index in [0.717, 1.165) is 36.3 Å². The van der Waals surface area contributed by atoms with Crippen LogP contribution in [-0.2, 0) is 28.1 Å². The molecular weight excluding hydrogens is 380 g/mol. The second-order valence-corrected chi connectivity index (χ2v) is 8.68. The fourth-order valence-corrected chi connectivity index (χ4v) is 4.48. The van der Waals surface area contributed by atoms with E-state index in [0.29, 0.717) is 38.6 Å². The quantitative estimate of drug-likeness (QED) is 0.766. The number of hydrogen-bond donors (Lipinski definition) is 0. The number of piperidine rings is 1. The maximum atomic E-state index is 12.8. The Bertz CT molecular complexity index is 943. The smallest absolute Gasteiger partial charge is 0.225 e. The Morgan fingerprint density at radius 2 is 1.97 bits per heavy atom. The maximum Gasteiger partial charge on any atom is 0.225 e. The van der Waals surface area contributed by atoms with Gasteiger partial charge < -0.3 is 14.5 Å². The van der Waals surface area contributed by atoms with Crippen LogP contribution < -0.4 is 4.90 Å². The Balaban J connectivity index is 1.42. The predicted molar refractivity (Wildman–Crippen MR) is 115 cm³/mol. The topological polar surface area (TPSA) is 76.4 Å². The molecule has 1 spiro atoms. The van der Waals surface area contributed by atoms with Crippen molar-refractivity contribution in [2.75, 3.05) is 38.7 Å². The van der Waals surface area contributed by atoms with E-state index < -0.39 is 5.60 Å². The lowest BCUT2D eigenvalue weighted by molar-refractivity contribution is -0.141. The average molecular weight is 413 g/mol. The van der Waals surface area contributed by atoms with Crippen LogP contribution in [0, 0.1) is 20.8 Å². The van der Waals surface area contributed by atoms with Gasteiger partial charge in [-0.05, 0) is 51.2 Å². The molecule has 0 aliphatic carbocycles. The van der Waals surface area contributed by atoms with E-state index in [4.69, 9.17) is 9.72 Å². The highest BCUT2D eigenvalue weighted by Gasteiger charge is 2.43. The van der Waals surface area contributed by atoms with E-state index in [2.05, 4.69) is 23.9 Å². The first-order valence-electron chi connectivity index (χ1n) is 10.8. The molecular formula is C22H32N6O2. The molecule has 0 aromatic carbocycles. The SMILES string of the molecule is Cc1nn(CCC(=O)N2CCC3(CC2)OCCc2cnc(N(C)C)nc23)c(C)c1C. The molecule has 8 heteroatoms. The van der Waals surface area contributed by atoms with Crippen LogP contribution in [0.3, 0.4) is 0 Å². The molecule has 0 atom stereocenters. The van der Waals surface area contributed by atoms with E-state index in [9.17, 15) is 4.79 Å². The number of nitrogens with zero attached hydrogens (tertiary/aromatic N) is 6. The number of carbonyl (C=O) groups excluding carboxylic acids is 1. The second kappa shape index (κ2) is 7.98. The normalized spacial score (nSPS) is 17.8. The molecule has 2 aromatic rings. The molecule has 0 saturated carbocycles. The lowest BCUT2D eigenvalue weighted by atomic mass is 9.83. The van der Waals surface area contributed by atoms with E-state index in [-0.39, 0.29) is 5.91 Å². The molecule has 2 aliphatic rings. The molecule has 1 amide bonds. The van der Waals surface area contributed by atoms with Gasteiger partial charge in [0.25, 0.3) is 0 Å².